The van der Waals surface area contributed by atoms with E-state index in [-0.39, 0.29) is 12.2 Å². The van der Waals surface area contributed by atoms with Crippen molar-refractivity contribution in [2.75, 3.05) is 32.7 Å². The Labute approximate surface area is 155 Å². The summed E-state index contributed by atoms with van der Waals surface area (Å²) in [5.74, 6) is 1.30. The number of aliphatic imine (C=N–C) groups is 1. The normalized spacial score (nSPS) is 17.0. The number of nitrogens with zero attached hydrogens (tertiary/aromatic N) is 3. The summed E-state index contributed by atoms with van der Waals surface area (Å²) >= 11 is 0. The molecule has 7 heteroatoms. The van der Waals surface area contributed by atoms with Crippen LogP contribution < -0.4 is 10.5 Å². The van der Waals surface area contributed by atoms with Gasteiger partial charge in [0.15, 0.2) is 5.96 Å². The smallest absolute Gasteiger partial charge is 0.410 e. The number of piperazine rings is 1. The van der Waals surface area contributed by atoms with Crippen LogP contribution in [0.4, 0.5) is 4.79 Å². The van der Waals surface area contributed by atoms with Crippen molar-refractivity contribution in [3.8, 4) is 5.75 Å². The number of hydrogen-bond acceptors (Lipinski definition) is 4. The number of rotatable bonds is 4. The molecule has 2 N–H and O–H groups in total. The van der Waals surface area contributed by atoms with Crippen LogP contribution in [0, 0.1) is 0 Å². The average molecular weight is 362 g/mol. The van der Waals surface area contributed by atoms with Gasteiger partial charge >= 0.3 is 6.09 Å². The Morgan fingerprint density at radius 2 is 1.73 bits per heavy atom. The van der Waals surface area contributed by atoms with Crippen LogP contribution in [-0.2, 0) is 4.74 Å². The number of hydrogen-bond donors (Lipinski definition) is 1. The molecule has 1 amide bonds. The predicted octanol–water partition coefficient (Wildman–Crippen LogP) is 2.32. The van der Waals surface area contributed by atoms with Crippen molar-refractivity contribution in [1.29, 1.82) is 0 Å². The average Bonchev–Trinajstić information content (AvgIpc) is 2.59. The molecular formula is C19H30N4O3. The molecular weight excluding hydrogens is 332 g/mol. The highest BCUT2D eigenvalue weighted by molar-refractivity contribution is 5.78. The lowest BCUT2D eigenvalue weighted by Crippen LogP contribution is -2.53. The lowest BCUT2D eigenvalue weighted by molar-refractivity contribution is 0.0186. The molecule has 1 aromatic rings. The van der Waals surface area contributed by atoms with Gasteiger partial charge in [0, 0.05) is 26.2 Å². The fourth-order valence-corrected chi connectivity index (χ4v) is 2.54. The van der Waals surface area contributed by atoms with Crippen molar-refractivity contribution in [2.45, 2.75) is 39.4 Å². The first-order valence-corrected chi connectivity index (χ1v) is 8.99. The number of carbonyl (C=O) groups excluding carboxylic acids is 1. The third-order valence-electron chi connectivity index (χ3n) is 3.85. The van der Waals surface area contributed by atoms with Gasteiger partial charge in [0.2, 0.25) is 0 Å². The van der Waals surface area contributed by atoms with E-state index in [0.29, 0.717) is 38.7 Å². The summed E-state index contributed by atoms with van der Waals surface area (Å²) < 4.78 is 11.2. The third-order valence-corrected chi connectivity index (χ3v) is 3.85. The molecule has 1 aliphatic rings. The minimum absolute atomic E-state index is 0.0704. The van der Waals surface area contributed by atoms with E-state index in [0.717, 1.165) is 5.75 Å². The van der Waals surface area contributed by atoms with Crippen LogP contribution in [0.2, 0.25) is 0 Å². The van der Waals surface area contributed by atoms with Crippen LogP contribution in [-0.4, -0.2) is 66.3 Å². The molecule has 1 saturated heterocycles. The number of benzene rings is 1. The van der Waals surface area contributed by atoms with Crippen molar-refractivity contribution < 1.29 is 14.3 Å². The lowest BCUT2D eigenvalue weighted by Gasteiger charge is -2.36. The molecule has 0 saturated carbocycles. The minimum Gasteiger partial charge on any atom is -0.489 e. The van der Waals surface area contributed by atoms with Crippen LogP contribution in [0.3, 0.4) is 0 Å². The summed E-state index contributed by atoms with van der Waals surface area (Å²) in [5, 5.41) is 0. The van der Waals surface area contributed by atoms with Gasteiger partial charge in [-0.15, -0.1) is 0 Å². The largest absolute Gasteiger partial charge is 0.489 e. The van der Waals surface area contributed by atoms with Crippen LogP contribution in [0.25, 0.3) is 0 Å². The van der Waals surface area contributed by atoms with Gasteiger partial charge in [-0.3, -0.25) is 0 Å². The summed E-state index contributed by atoms with van der Waals surface area (Å²) in [5.41, 5.74) is 5.62. The summed E-state index contributed by atoms with van der Waals surface area (Å²) in [4.78, 5) is 20.2. The number of amides is 1. The molecule has 1 atom stereocenters. The molecule has 26 heavy (non-hydrogen) atoms. The fraction of sp³-hybridized carbons (Fsp3) is 0.579. The van der Waals surface area contributed by atoms with Crippen molar-refractivity contribution >= 4 is 12.1 Å². The van der Waals surface area contributed by atoms with Crippen molar-refractivity contribution in [3.63, 3.8) is 0 Å². The number of para-hydroxylation sites is 1. The molecule has 0 radical (unpaired) electrons. The van der Waals surface area contributed by atoms with Gasteiger partial charge in [0.05, 0.1) is 6.54 Å². The van der Waals surface area contributed by atoms with E-state index in [9.17, 15) is 4.79 Å². The first-order valence-electron chi connectivity index (χ1n) is 8.99. The van der Waals surface area contributed by atoms with Crippen LogP contribution in [0.5, 0.6) is 5.75 Å². The van der Waals surface area contributed by atoms with Gasteiger partial charge in [0.1, 0.15) is 17.5 Å². The zero-order valence-electron chi connectivity index (χ0n) is 16.1. The molecule has 0 bridgehead atoms. The summed E-state index contributed by atoms with van der Waals surface area (Å²) in [6, 6.07) is 9.65. The number of ether oxygens (including phenoxy) is 2. The van der Waals surface area contributed by atoms with Crippen LogP contribution in [0.15, 0.2) is 35.3 Å². The zero-order chi connectivity index (χ0) is 19.2. The molecule has 1 heterocycles. The Balaban J connectivity index is 1.77. The Hall–Kier alpha value is -2.44. The van der Waals surface area contributed by atoms with Crippen molar-refractivity contribution in [2.24, 2.45) is 10.7 Å². The van der Waals surface area contributed by atoms with E-state index in [1.54, 1.807) is 4.90 Å². The van der Waals surface area contributed by atoms with Gasteiger partial charge < -0.3 is 25.0 Å². The van der Waals surface area contributed by atoms with E-state index in [1.807, 2.05) is 62.9 Å². The van der Waals surface area contributed by atoms with Crippen molar-refractivity contribution in [3.05, 3.63) is 30.3 Å². The molecule has 1 fully saturated rings. The van der Waals surface area contributed by atoms with Crippen LogP contribution >= 0.6 is 0 Å². The maximum atomic E-state index is 12.1. The molecule has 7 nitrogen and oxygen atoms in total. The van der Waals surface area contributed by atoms with E-state index < -0.39 is 5.60 Å². The van der Waals surface area contributed by atoms with Gasteiger partial charge in [-0.1, -0.05) is 18.2 Å². The molecule has 1 unspecified atom stereocenters. The Bertz CT molecular complexity index is 605. The van der Waals surface area contributed by atoms with Gasteiger partial charge in [-0.05, 0) is 39.8 Å². The Kier molecular flexibility index (Phi) is 6.71. The molecule has 0 aromatic heterocycles. The first kappa shape index (κ1) is 19.9. The van der Waals surface area contributed by atoms with E-state index in [2.05, 4.69) is 4.99 Å². The molecule has 2 rings (SSSR count). The monoisotopic (exact) mass is 362 g/mol. The zero-order valence-corrected chi connectivity index (χ0v) is 16.1. The standard InChI is InChI=1S/C19H30N4O3/c1-15(25-16-8-6-5-7-9-16)14-21-17(20)22-10-12-23(13-11-22)18(24)26-19(2,3)4/h5-9,15H,10-14H2,1-4H3,(H2,20,21). The number of guanidine groups is 1. The summed E-state index contributed by atoms with van der Waals surface area (Å²) in [6.07, 6.45) is -0.350. The highest BCUT2D eigenvalue weighted by atomic mass is 16.6. The second kappa shape index (κ2) is 8.78. The van der Waals surface area contributed by atoms with Crippen molar-refractivity contribution in [1.82, 2.24) is 9.80 Å². The Morgan fingerprint density at radius 3 is 2.31 bits per heavy atom. The lowest BCUT2D eigenvalue weighted by atomic mass is 10.2. The maximum Gasteiger partial charge on any atom is 0.410 e. The predicted molar refractivity (Wildman–Crippen MR) is 102 cm³/mol. The summed E-state index contributed by atoms with van der Waals surface area (Å²) in [7, 11) is 0. The molecule has 0 spiro atoms. The molecule has 1 aromatic carbocycles. The second-order valence-corrected chi connectivity index (χ2v) is 7.39. The quantitative estimate of drug-likeness (QED) is 0.657. The maximum absolute atomic E-state index is 12.1. The number of carbonyl (C=O) groups is 1. The minimum atomic E-state index is -0.483. The van der Waals surface area contributed by atoms with E-state index in [1.165, 1.54) is 0 Å². The summed E-state index contributed by atoms with van der Waals surface area (Å²) in [6.45, 7) is 10.5. The highest BCUT2D eigenvalue weighted by Gasteiger charge is 2.26. The number of nitrogens with two attached hydrogens (primary N) is 1. The molecule has 144 valence electrons. The Morgan fingerprint density at radius 1 is 1.15 bits per heavy atom. The second-order valence-electron chi connectivity index (χ2n) is 7.39. The van der Waals surface area contributed by atoms with E-state index in [4.69, 9.17) is 15.2 Å². The van der Waals surface area contributed by atoms with Gasteiger partial charge in [0.25, 0.3) is 0 Å². The van der Waals surface area contributed by atoms with Gasteiger partial charge in [-0.2, -0.15) is 0 Å². The SMILES string of the molecule is CC(CN=C(N)N1CCN(C(=O)OC(C)(C)C)CC1)Oc1ccccc1. The van der Waals surface area contributed by atoms with Gasteiger partial charge in [-0.25, -0.2) is 9.79 Å². The van der Waals surface area contributed by atoms with E-state index >= 15 is 0 Å². The first-order chi connectivity index (χ1) is 12.2. The topological polar surface area (TPSA) is 80.4 Å². The molecule has 1 aliphatic heterocycles. The van der Waals surface area contributed by atoms with Crippen LogP contribution in [0.1, 0.15) is 27.7 Å². The highest BCUT2D eigenvalue weighted by Crippen LogP contribution is 2.12. The fourth-order valence-electron chi connectivity index (χ4n) is 2.54. The third kappa shape index (κ3) is 6.46. The molecule has 0 aliphatic carbocycles.